The van der Waals surface area contributed by atoms with Crippen LogP contribution in [0.25, 0.3) is 33.4 Å². The zero-order valence-electron chi connectivity index (χ0n) is 39.2. The number of hydrogen-bond acceptors (Lipinski definition) is 1. The molecule has 8 aromatic rings. The number of hydrogen-bond donors (Lipinski definition) is 0. The monoisotopic (exact) mass is 829 g/mol. The van der Waals surface area contributed by atoms with E-state index >= 15 is 0 Å². The van der Waals surface area contributed by atoms with Crippen molar-refractivity contribution in [2.24, 2.45) is 0 Å². The molecule has 11 rings (SSSR count). The molecule has 0 fully saturated rings. The molecular weight excluding hydrogens is 771 g/mol. The predicted octanol–water partition coefficient (Wildman–Crippen LogP) is 16.7. The first-order valence-corrected chi connectivity index (χ1v) is 23.3. The van der Waals surface area contributed by atoms with Gasteiger partial charge in [0.1, 0.15) is 0 Å². The van der Waals surface area contributed by atoms with Crippen molar-refractivity contribution < 1.29 is 0 Å². The van der Waals surface area contributed by atoms with Crippen LogP contribution in [-0.2, 0) is 27.1 Å². The van der Waals surface area contributed by atoms with E-state index in [2.05, 4.69) is 250 Å². The van der Waals surface area contributed by atoms with Crippen molar-refractivity contribution in [2.45, 2.75) is 96.3 Å². The summed E-state index contributed by atoms with van der Waals surface area (Å²) >= 11 is 0. The van der Waals surface area contributed by atoms with Crippen LogP contribution in [0.15, 0.2) is 176 Å². The minimum Gasteiger partial charge on any atom is -0.310 e. The van der Waals surface area contributed by atoms with Gasteiger partial charge in [0.2, 0.25) is 0 Å². The van der Waals surface area contributed by atoms with E-state index in [9.17, 15) is 0 Å². The van der Waals surface area contributed by atoms with Crippen LogP contribution in [-0.4, -0.2) is 0 Å². The maximum Gasteiger partial charge on any atom is 0.0714 e. The second kappa shape index (κ2) is 13.8. The highest BCUT2D eigenvalue weighted by atomic mass is 15.1. The Morgan fingerprint density at radius 2 is 0.812 bits per heavy atom. The molecule has 316 valence electrons. The van der Waals surface area contributed by atoms with E-state index in [1.807, 2.05) is 0 Å². The molecule has 0 radical (unpaired) electrons. The minimum atomic E-state index is -0.509. The first kappa shape index (κ1) is 40.3. The normalized spacial score (nSPS) is 15.7. The van der Waals surface area contributed by atoms with Gasteiger partial charge in [-0.25, -0.2) is 0 Å². The van der Waals surface area contributed by atoms with Crippen molar-refractivity contribution >= 4 is 17.1 Å². The van der Waals surface area contributed by atoms with Gasteiger partial charge in [-0.1, -0.05) is 209 Å². The average molecular weight is 830 g/mol. The van der Waals surface area contributed by atoms with E-state index in [1.54, 1.807) is 0 Å². The standard InChI is InChI=1S/C63H59N/c1-59(2,3)42-35-51-50-37-43(31-34-53(50)62(9,10)58(51)57(36-42)60(4,5)6)64(44-29-32-48-46-25-17-19-27-52(46)61(7,8)55(48)38-44)45-30-33-49-47-26-18-20-28-54(47)63(56(49)39-45,40-21-13-11-14-22-40)41-23-15-12-16-24-41/h11-39H,1-10H3. The highest BCUT2D eigenvalue weighted by Crippen LogP contribution is 2.59. The first-order valence-electron chi connectivity index (χ1n) is 23.3. The molecule has 0 N–H and O–H groups in total. The molecule has 64 heavy (non-hydrogen) atoms. The minimum absolute atomic E-state index is 0.00632. The van der Waals surface area contributed by atoms with Gasteiger partial charge >= 0.3 is 0 Å². The molecule has 1 nitrogen and oxygen atoms in total. The summed E-state index contributed by atoms with van der Waals surface area (Å²) in [6.07, 6.45) is 0. The van der Waals surface area contributed by atoms with Crippen molar-refractivity contribution in [1.82, 2.24) is 0 Å². The number of fused-ring (bicyclic) bond motifs is 9. The Bertz CT molecular complexity index is 3130. The molecule has 0 amide bonds. The van der Waals surface area contributed by atoms with E-state index in [4.69, 9.17) is 0 Å². The van der Waals surface area contributed by atoms with Gasteiger partial charge in [0.25, 0.3) is 0 Å². The maximum atomic E-state index is 2.55. The summed E-state index contributed by atoms with van der Waals surface area (Å²) < 4.78 is 0. The van der Waals surface area contributed by atoms with Crippen molar-refractivity contribution in [3.8, 4) is 33.4 Å². The van der Waals surface area contributed by atoms with Crippen LogP contribution in [0.4, 0.5) is 17.1 Å². The van der Waals surface area contributed by atoms with Crippen LogP contribution in [0.3, 0.4) is 0 Å². The molecule has 0 spiro atoms. The second-order valence-electron chi connectivity index (χ2n) is 21.8. The van der Waals surface area contributed by atoms with Crippen LogP contribution in [0.2, 0.25) is 0 Å². The summed E-state index contributed by atoms with van der Waals surface area (Å²) in [6.45, 7) is 23.9. The van der Waals surface area contributed by atoms with Crippen LogP contribution in [0, 0.1) is 0 Å². The molecule has 0 bridgehead atoms. The van der Waals surface area contributed by atoms with Gasteiger partial charge in [0.05, 0.1) is 5.41 Å². The number of anilines is 3. The van der Waals surface area contributed by atoms with Gasteiger partial charge in [0, 0.05) is 27.9 Å². The molecule has 1 heteroatoms. The molecule has 0 aromatic heterocycles. The van der Waals surface area contributed by atoms with E-state index in [-0.39, 0.29) is 21.7 Å². The number of nitrogens with zero attached hydrogens (tertiary/aromatic N) is 1. The molecule has 8 aromatic carbocycles. The summed E-state index contributed by atoms with van der Waals surface area (Å²) in [6, 6.07) is 67.3. The van der Waals surface area contributed by atoms with Crippen LogP contribution >= 0.6 is 0 Å². The highest BCUT2D eigenvalue weighted by molar-refractivity contribution is 5.93. The number of rotatable bonds is 5. The van der Waals surface area contributed by atoms with Crippen molar-refractivity contribution in [2.75, 3.05) is 4.90 Å². The first-order chi connectivity index (χ1) is 30.5. The van der Waals surface area contributed by atoms with Crippen LogP contribution in [0.5, 0.6) is 0 Å². The number of benzene rings is 8. The fourth-order valence-corrected chi connectivity index (χ4v) is 12.0. The summed E-state index contributed by atoms with van der Waals surface area (Å²) in [5.41, 5.74) is 24.2. The van der Waals surface area contributed by atoms with Crippen LogP contribution in [0.1, 0.15) is 125 Å². The molecule has 0 heterocycles. The molecular formula is C63H59N. The Hall–Kier alpha value is -6.44. The van der Waals surface area contributed by atoms with Crippen molar-refractivity contribution in [3.05, 3.63) is 232 Å². The van der Waals surface area contributed by atoms with E-state index < -0.39 is 5.41 Å². The van der Waals surface area contributed by atoms with Gasteiger partial charge in [-0.15, -0.1) is 0 Å². The summed E-state index contributed by atoms with van der Waals surface area (Å²) in [4.78, 5) is 2.55. The lowest BCUT2D eigenvalue weighted by Gasteiger charge is -2.35. The highest BCUT2D eigenvalue weighted by Gasteiger charge is 2.47. The second-order valence-corrected chi connectivity index (χ2v) is 21.8. The Morgan fingerprint density at radius 1 is 0.344 bits per heavy atom. The zero-order valence-corrected chi connectivity index (χ0v) is 39.2. The fraction of sp³-hybridized carbons (Fsp3) is 0.238. The largest absolute Gasteiger partial charge is 0.310 e. The third kappa shape index (κ3) is 5.69. The van der Waals surface area contributed by atoms with Gasteiger partial charge in [-0.2, -0.15) is 0 Å². The van der Waals surface area contributed by atoms with Crippen LogP contribution < -0.4 is 4.90 Å². The van der Waals surface area contributed by atoms with E-state index in [0.29, 0.717) is 0 Å². The Kier molecular flexibility index (Phi) is 8.69. The molecule has 0 atom stereocenters. The Morgan fingerprint density at radius 3 is 1.41 bits per heavy atom. The van der Waals surface area contributed by atoms with Gasteiger partial charge in [0.15, 0.2) is 0 Å². The smallest absolute Gasteiger partial charge is 0.0714 e. The molecule has 3 aliphatic carbocycles. The lowest BCUT2D eigenvalue weighted by atomic mass is 9.67. The van der Waals surface area contributed by atoms with Gasteiger partial charge in [-0.3, -0.25) is 0 Å². The van der Waals surface area contributed by atoms with Gasteiger partial charge < -0.3 is 4.90 Å². The Balaban J connectivity index is 1.19. The third-order valence-electron chi connectivity index (χ3n) is 15.2. The predicted molar refractivity (Wildman–Crippen MR) is 271 cm³/mol. The molecule has 0 saturated heterocycles. The van der Waals surface area contributed by atoms with E-state index in [1.165, 1.54) is 89.0 Å². The summed E-state index contributed by atoms with van der Waals surface area (Å²) in [5, 5.41) is 0. The summed E-state index contributed by atoms with van der Waals surface area (Å²) in [5.74, 6) is 0. The van der Waals surface area contributed by atoms with Gasteiger partial charge in [-0.05, 0) is 136 Å². The topological polar surface area (TPSA) is 3.24 Å². The maximum absolute atomic E-state index is 2.55. The zero-order chi connectivity index (χ0) is 44.6. The molecule has 0 unspecified atom stereocenters. The summed E-state index contributed by atoms with van der Waals surface area (Å²) in [7, 11) is 0. The Labute approximate surface area is 381 Å². The molecule has 3 aliphatic rings. The fourth-order valence-electron chi connectivity index (χ4n) is 12.0. The van der Waals surface area contributed by atoms with E-state index in [0.717, 1.165) is 17.1 Å². The quantitative estimate of drug-likeness (QED) is 0.167. The van der Waals surface area contributed by atoms with Crippen molar-refractivity contribution in [1.29, 1.82) is 0 Å². The average Bonchev–Trinajstić information content (AvgIpc) is 3.80. The third-order valence-corrected chi connectivity index (χ3v) is 15.2. The lowest BCUT2D eigenvalue weighted by molar-refractivity contribution is 0.545. The molecule has 0 saturated carbocycles. The molecule has 0 aliphatic heterocycles. The lowest BCUT2D eigenvalue weighted by Crippen LogP contribution is -2.28. The SMILES string of the molecule is CC(C)(C)c1cc2c(c(C(C)(C)C)c1)C(C)(C)c1ccc(N(c3ccc4c(c3)C(C)(C)c3ccccc3-4)c3ccc4c(c3)C(c3ccccc3)(c3ccccc3)c3ccccc3-4)cc1-2. The van der Waals surface area contributed by atoms with Crippen molar-refractivity contribution in [3.63, 3.8) is 0 Å².